The Morgan fingerprint density at radius 3 is 2.67 bits per heavy atom. The first-order valence-corrected chi connectivity index (χ1v) is 7.50. The number of rotatable bonds is 2. The number of allylic oxidation sites excluding steroid dienone is 7. The molecule has 0 fully saturated rings. The van der Waals surface area contributed by atoms with Crippen LogP contribution in [0.25, 0.3) is 11.1 Å². The second kappa shape index (κ2) is 5.61. The normalized spacial score (nSPS) is 17.9. The van der Waals surface area contributed by atoms with Gasteiger partial charge in [-0.3, -0.25) is 0 Å². The van der Waals surface area contributed by atoms with Crippen LogP contribution in [0.5, 0.6) is 0 Å². The van der Waals surface area contributed by atoms with Gasteiger partial charge in [0.25, 0.3) is 0 Å². The van der Waals surface area contributed by atoms with E-state index in [9.17, 15) is 0 Å². The summed E-state index contributed by atoms with van der Waals surface area (Å²) >= 11 is 0. The number of likely N-dealkylation sites (N-methyl/N-ethyl adjacent to an activating group) is 1. The fourth-order valence-corrected chi connectivity index (χ4v) is 3.24. The summed E-state index contributed by atoms with van der Waals surface area (Å²) in [6.07, 6.45) is 13.0. The Balaban J connectivity index is 2.37. The Morgan fingerprint density at radius 2 is 1.95 bits per heavy atom. The number of nitrogens with zero attached hydrogens (tertiary/aromatic N) is 1. The van der Waals surface area contributed by atoms with Crippen molar-refractivity contribution < 1.29 is 0 Å². The van der Waals surface area contributed by atoms with Crippen LogP contribution < -0.4 is 0 Å². The maximum Gasteiger partial charge on any atom is 0.0484 e. The zero-order chi connectivity index (χ0) is 14.8. The molecule has 0 radical (unpaired) electrons. The maximum absolute atomic E-state index is 4.05. The zero-order valence-electron chi connectivity index (χ0n) is 12.8. The minimum absolute atomic E-state index is 1.10. The number of hydrogen-bond donors (Lipinski definition) is 0. The minimum atomic E-state index is 1.10. The maximum atomic E-state index is 4.05. The molecule has 0 atom stereocenters. The lowest BCUT2D eigenvalue weighted by molar-refractivity contribution is 0.555. The van der Waals surface area contributed by atoms with Crippen molar-refractivity contribution >= 4 is 11.1 Å². The molecule has 21 heavy (non-hydrogen) atoms. The van der Waals surface area contributed by atoms with E-state index in [1.54, 1.807) is 0 Å². The molecule has 3 rings (SSSR count). The van der Waals surface area contributed by atoms with E-state index in [4.69, 9.17) is 0 Å². The Morgan fingerprint density at radius 1 is 1.19 bits per heavy atom. The summed E-state index contributed by atoms with van der Waals surface area (Å²) < 4.78 is 0. The van der Waals surface area contributed by atoms with Crippen molar-refractivity contribution in [2.75, 3.05) is 7.05 Å². The molecule has 0 saturated carbocycles. The predicted octanol–water partition coefficient (Wildman–Crippen LogP) is 5.17. The Bertz CT molecular complexity index is 698. The van der Waals surface area contributed by atoms with Crippen LogP contribution in [-0.4, -0.2) is 11.9 Å². The van der Waals surface area contributed by atoms with Gasteiger partial charge in [0.1, 0.15) is 0 Å². The largest absolute Gasteiger partial charge is 0.344 e. The van der Waals surface area contributed by atoms with Crippen molar-refractivity contribution in [3.05, 3.63) is 83.7 Å². The molecule has 1 aliphatic carbocycles. The molecule has 0 spiro atoms. The van der Waals surface area contributed by atoms with Gasteiger partial charge >= 0.3 is 0 Å². The van der Waals surface area contributed by atoms with Gasteiger partial charge in [0.15, 0.2) is 0 Å². The smallest absolute Gasteiger partial charge is 0.0484 e. The molecule has 1 heteroatoms. The molecule has 1 aliphatic heterocycles. The molecule has 0 N–H and O–H groups in total. The van der Waals surface area contributed by atoms with Crippen molar-refractivity contribution in [1.29, 1.82) is 0 Å². The molecule has 0 aromatic heterocycles. The average Bonchev–Trinajstić information content (AvgIpc) is 2.63. The third-order valence-electron chi connectivity index (χ3n) is 4.22. The number of benzene rings is 1. The van der Waals surface area contributed by atoms with Crippen molar-refractivity contribution in [3.63, 3.8) is 0 Å². The van der Waals surface area contributed by atoms with E-state index in [0.29, 0.717) is 0 Å². The summed E-state index contributed by atoms with van der Waals surface area (Å²) in [4.78, 5) is 2.29. The fourth-order valence-electron chi connectivity index (χ4n) is 3.24. The summed E-state index contributed by atoms with van der Waals surface area (Å²) in [6, 6.07) is 8.68. The zero-order valence-corrected chi connectivity index (χ0v) is 12.8. The van der Waals surface area contributed by atoms with Gasteiger partial charge in [-0.1, -0.05) is 49.1 Å². The second-order valence-electron chi connectivity index (χ2n) is 5.41. The Kier molecular flexibility index (Phi) is 3.66. The van der Waals surface area contributed by atoms with Gasteiger partial charge in [0.05, 0.1) is 0 Å². The van der Waals surface area contributed by atoms with Gasteiger partial charge in [0, 0.05) is 24.0 Å². The first-order valence-electron chi connectivity index (χ1n) is 7.50. The van der Waals surface area contributed by atoms with E-state index in [1.807, 2.05) is 6.08 Å². The molecule has 1 aromatic rings. The molecule has 106 valence electrons. The van der Waals surface area contributed by atoms with E-state index < -0.39 is 0 Å². The van der Waals surface area contributed by atoms with Crippen molar-refractivity contribution in [3.8, 4) is 0 Å². The van der Waals surface area contributed by atoms with Crippen LogP contribution in [0.1, 0.15) is 30.9 Å². The van der Waals surface area contributed by atoms with Gasteiger partial charge in [-0.25, -0.2) is 0 Å². The molecule has 1 aromatic carbocycles. The summed E-state index contributed by atoms with van der Waals surface area (Å²) in [5.41, 5.74) is 7.78. The SMILES string of the molecule is C=CC1=C(/C=C\C)N(C)C2=C(CCC=C2)c2ccccc21. The molecule has 0 unspecified atom stereocenters. The van der Waals surface area contributed by atoms with E-state index in [0.717, 1.165) is 12.8 Å². The van der Waals surface area contributed by atoms with Crippen LogP contribution in [0.3, 0.4) is 0 Å². The lowest BCUT2D eigenvalue weighted by Crippen LogP contribution is -2.17. The first-order chi connectivity index (χ1) is 10.3. The summed E-state index contributed by atoms with van der Waals surface area (Å²) in [7, 11) is 2.15. The van der Waals surface area contributed by atoms with Crippen molar-refractivity contribution in [1.82, 2.24) is 4.90 Å². The van der Waals surface area contributed by atoms with Gasteiger partial charge in [0.2, 0.25) is 0 Å². The van der Waals surface area contributed by atoms with E-state index in [-0.39, 0.29) is 0 Å². The molecule has 1 nitrogen and oxygen atoms in total. The molecule has 2 aliphatic rings. The van der Waals surface area contributed by atoms with Gasteiger partial charge < -0.3 is 4.90 Å². The van der Waals surface area contributed by atoms with Crippen LogP contribution in [0.4, 0.5) is 0 Å². The van der Waals surface area contributed by atoms with Crippen molar-refractivity contribution in [2.24, 2.45) is 0 Å². The fraction of sp³-hybridized carbons (Fsp3) is 0.200. The standard InChI is InChI=1S/C20H21N/c1-4-10-19-15(5-2)16-11-6-7-12-17(16)18-13-8-9-14-20(18)21(19)3/h4-7,9-12,14H,2,8,13H2,1,3H3/b10-4-. The highest BCUT2D eigenvalue weighted by molar-refractivity contribution is 5.89. The van der Waals surface area contributed by atoms with E-state index in [1.165, 1.54) is 33.7 Å². The molecular formula is C20H21N. The van der Waals surface area contributed by atoms with Gasteiger partial charge in [-0.2, -0.15) is 0 Å². The highest BCUT2D eigenvalue weighted by Gasteiger charge is 2.24. The molecule has 0 amide bonds. The summed E-state index contributed by atoms with van der Waals surface area (Å²) in [5.74, 6) is 0. The average molecular weight is 275 g/mol. The quantitative estimate of drug-likeness (QED) is 0.720. The molecule has 0 bridgehead atoms. The van der Waals surface area contributed by atoms with Gasteiger partial charge in [-0.15, -0.1) is 0 Å². The molecule has 1 heterocycles. The third-order valence-corrected chi connectivity index (χ3v) is 4.22. The number of fused-ring (bicyclic) bond motifs is 2. The van der Waals surface area contributed by atoms with E-state index in [2.05, 4.69) is 74.0 Å². The summed E-state index contributed by atoms with van der Waals surface area (Å²) in [5, 5.41) is 0. The number of hydrogen-bond acceptors (Lipinski definition) is 1. The van der Waals surface area contributed by atoms with Crippen LogP contribution in [0.15, 0.2) is 72.6 Å². The summed E-state index contributed by atoms with van der Waals surface area (Å²) in [6.45, 7) is 6.11. The Labute approximate surface area is 127 Å². The highest BCUT2D eigenvalue weighted by atomic mass is 15.1. The van der Waals surface area contributed by atoms with Crippen LogP contribution in [0.2, 0.25) is 0 Å². The lowest BCUT2D eigenvalue weighted by atomic mass is 9.90. The molecule has 0 saturated heterocycles. The highest BCUT2D eigenvalue weighted by Crippen LogP contribution is 2.40. The topological polar surface area (TPSA) is 3.24 Å². The first kappa shape index (κ1) is 13.7. The molecular weight excluding hydrogens is 254 g/mol. The van der Waals surface area contributed by atoms with Gasteiger partial charge in [-0.05, 0) is 48.6 Å². The Hall–Kier alpha value is -2.28. The lowest BCUT2D eigenvalue weighted by Gasteiger charge is -2.25. The predicted molar refractivity (Wildman–Crippen MR) is 91.4 cm³/mol. The second-order valence-corrected chi connectivity index (χ2v) is 5.41. The van der Waals surface area contributed by atoms with Crippen LogP contribution in [0, 0.1) is 0 Å². The minimum Gasteiger partial charge on any atom is -0.344 e. The monoisotopic (exact) mass is 275 g/mol. The third kappa shape index (κ3) is 2.19. The van der Waals surface area contributed by atoms with Crippen molar-refractivity contribution in [2.45, 2.75) is 19.8 Å². The van der Waals surface area contributed by atoms with E-state index >= 15 is 0 Å². The van der Waals surface area contributed by atoms with Crippen LogP contribution >= 0.6 is 0 Å². The van der Waals surface area contributed by atoms with Crippen LogP contribution in [-0.2, 0) is 0 Å².